The van der Waals surface area contributed by atoms with Gasteiger partial charge in [-0.25, -0.2) is 52.6 Å². The third-order valence-electron chi connectivity index (χ3n) is 14.9. The van der Waals surface area contributed by atoms with Gasteiger partial charge in [0.1, 0.15) is 69.3 Å². The number of aromatic nitrogens is 4. The summed E-state index contributed by atoms with van der Waals surface area (Å²) in [6.45, 7) is -25.4. The standard InChI is InChI=1S/4C18H15ClN2O6S2/c4*1-9-5-13-14(26-8-25-13)7-11(9)6-12(22)17-15(3-4-28-17)29(23,24)21-18-16(19)10(2)20-27-18/h4*3-5,7,21H,6,8H2,1-2H3/i1D3,2D3,6D2,8D2;1D3,2D3,6D2,8D;2D3,6D2,8D2;1D3,2D3,6D2. The first kappa shape index (κ1) is 50.4. The third kappa shape index (κ3) is 18.1. The summed E-state index contributed by atoms with van der Waals surface area (Å²) in [5.74, 6) is -9.32. The van der Waals surface area contributed by atoms with E-state index in [-0.39, 0.29) is 63.9 Å². The highest BCUT2D eigenvalue weighted by atomic mass is 35.5. The van der Waals surface area contributed by atoms with Gasteiger partial charge in [-0.05, 0) is 194 Å². The Bertz CT molecular complexity index is 7910. The van der Waals surface area contributed by atoms with Crippen molar-refractivity contribution >= 4 is 179 Å². The number of Topliss-reactive ketones (excluding diaryl/α,β-unsaturated/α-hetero) is 4. The monoisotopic (exact) mass is 1850 g/mol. The molecule has 44 heteroatoms. The number of carbonyl (C=O) groups is 4. The predicted molar refractivity (Wildman–Crippen MR) is 427 cm³/mol. The molecule has 12 heterocycles. The van der Waals surface area contributed by atoms with Gasteiger partial charge in [-0.2, -0.15) is 0 Å². The van der Waals surface area contributed by atoms with E-state index < -0.39 is 296 Å². The molecule has 1 atom stereocenters. The highest BCUT2D eigenvalue weighted by Crippen LogP contribution is 2.42. The van der Waals surface area contributed by atoms with Crippen LogP contribution in [0.25, 0.3) is 0 Å². The zero-order chi connectivity index (χ0) is 112. The minimum absolute atomic E-state index is 0.0189. The summed E-state index contributed by atoms with van der Waals surface area (Å²) >= 11 is 25.9. The van der Waals surface area contributed by atoms with Gasteiger partial charge in [0.25, 0.3) is 63.6 Å². The number of anilines is 4. The van der Waals surface area contributed by atoms with Gasteiger partial charge in [0.2, 0.25) is 27.1 Å². The van der Waals surface area contributed by atoms with E-state index in [9.17, 15) is 52.8 Å². The molecule has 0 aliphatic carbocycles. The Morgan fingerprint density at radius 1 is 0.379 bits per heavy atom. The molecule has 1 unspecified atom stereocenters. The number of ketones is 4. The number of hydrogen-bond acceptors (Lipinski definition) is 32. The average Bonchev–Trinajstić information content (AvgIpc) is 1.35. The van der Waals surface area contributed by atoms with Gasteiger partial charge in [0.15, 0.2) is 69.1 Å². The molecule has 16 rings (SSSR count). The van der Waals surface area contributed by atoms with Crippen LogP contribution in [0.1, 0.15) is 153 Å². The summed E-state index contributed by atoms with van der Waals surface area (Å²) < 4.78 is 435. The van der Waals surface area contributed by atoms with E-state index >= 15 is 0 Å². The first-order chi connectivity index (χ1) is 68.4. The first-order valence-electron chi connectivity index (χ1n) is 47.7. The summed E-state index contributed by atoms with van der Waals surface area (Å²) in [7, 11) is -18.7. The SMILES string of the molecule is [2H]C([2H])([2H])c1cc2c(cc1C([2H])([2H])C(=O)c1sccc1S(=O)(=O)Nc1onc(C([2H])([2H])[2H])c1Cl)OCO2.[2H]C1([2H])Oc2cc(C([2H])([2H])[2H])c(C([2H])([2H])C(=O)c3sccc3S(=O)(=O)Nc3onc(C([2H])([2H])[2H])c3Cl)cc2O1.[2H]C1([2H])Oc2cc(C)c(C([2H])([2H])C(=O)c3sccc3S(=O)(=O)Nc3onc(C([2H])([2H])[2H])c3Cl)cc2O1.[2H]C1Oc2cc(C([2H])([2H])[2H])c(C([2H])([2H])C(=O)c3sccc3S(=O)(=O)Nc3onc(C([2H])([2H])[2H])c3Cl)cc2O1. The van der Waals surface area contributed by atoms with Crippen LogP contribution in [-0.2, 0) is 65.6 Å². The van der Waals surface area contributed by atoms with Gasteiger partial charge in [0, 0.05) is 65.2 Å². The molecule has 8 aromatic heterocycles. The van der Waals surface area contributed by atoms with Crippen LogP contribution in [0.15, 0.2) is 132 Å². The van der Waals surface area contributed by atoms with Crippen LogP contribution in [0.2, 0.25) is 20.1 Å². The number of fused-ring (bicyclic) bond motifs is 4. The van der Waals surface area contributed by atoms with Crippen LogP contribution in [0.4, 0.5) is 23.5 Å². The van der Waals surface area contributed by atoms with E-state index in [0.717, 1.165) is 72.1 Å². The van der Waals surface area contributed by atoms with E-state index in [1.807, 2.05) is 18.9 Å². The van der Waals surface area contributed by atoms with Crippen molar-refractivity contribution in [1.29, 1.82) is 0 Å². The Balaban J connectivity index is 0.000000167. The number of halogens is 4. The van der Waals surface area contributed by atoms with Crippen molar-refractivity contribution in [2.24, 2.45) is 0 Å². The van der Waals surface area contributed by atoms with E-state index in [2.05, 4.69) is 20.6 Å². The van der Waals surface area contributed by atoms with Crippen molar-refractivity contribution in [2.75, 3.05) is 45.9 Å². The lowest BCUT2D eigenvalue weighted by Crippen LogP contribution is -2.16. The molecule has 0 spiro atoms. The van der Waals surface area contributed by atoms with Gasteiger partial charge in [0.05, 0.1) is 19.5 Å². The van der Waals surface area contributed by atoms with Gasteiger partial charge in [-0.3, -0.25) is 19.2 Å². The van der Waals surface area contributed by atoms with Crippen molar-refractivity contribution in [2.45, 2.75) is 100.0 Å². The molecule has 4 aliphatic heterocycles. The Morgan fingerprint density at radius 2 is 0.621 bits per heavy atom. The van der Waals surface area contributed by atoms with Gasteiger partial charge < -0.3 is 56.0 Å². The quantitative estimate of drug-likeness (QED) is 0.0408. The molecule has 0 saturated carbocycles. The molecule has 12 aromatic rings. The number of aryl methyl sites for hydroxylation is 8. The van der Waals surface area contributed by atoms with Gasteiger partial charge in [-0.15, -0.1) is 45.3 Å². The average molecular weight is 1850 g/mol. The molecule has 608 valence electrons. The summed E-state index contributed by atoms with van der Waals surface area (Å²) in [6, 6.07) is 12.0. The fourth-order valence-electron chi connectivity index (χ4n) is 9.51. The summed E-state index contributed by atoms with van der Waals surface area (Å²) in [5, 5.41) is 15.3. The topological polar surface area (TPSA) is 431 Å². The molecular weight excluding hydrogens is 1760 g/mol. The zero-order valence-electron chi connectivity index (χ0n) is 90.4. The molecule has 4 aliphatic rings. The minimum atomic E-state index is -4.74. The van der Waals surface area contributed by atoms with Crippen molar-refractivity contribution in [1.82, 2.24) is 20.6 Å². The van der Waals surface area contributed by atoms with E-state index in [1.54, 1.807) is 0 Å². The van der Waals surface area contributed by atoms with Crippen molar-refractivity contribution in [3.05, 3.63) is 201 Å². The number of carbonyl (C=O) groups excluding carboxylic acids is 4. The second kappa shape index (κ2) is 34.1. The van der Waals surface area contributed by atoms with Crippen LogP contribution in [0.5, 0.6) is 46.0 Å². The van der Waals surface area contributed by atoms with E-state index in [1.165, 1.54) is 29.1 Å². The molecule has 0 bridgehead atoms. The highest BCUT2D eigenvalue weighted by molar-refractivity contribution is 7.94. The second-order valence-corrected chi connectivity index (χ2v) is 34.1. The van der Waals surface area contributed by atoms with Crippen LogP contribution >= 0.6 is 91.8 Å². The van der Waals surface area contributed by atoms with Gasteiger partial charge in [-0.1, -0.05) is 67.0 Å². The number of hydrogen-bond donors (Lipinski definition) is 4. The molecular formula is C72H60Cl4N8O24S8. The number of benzene rings is 4. The number of thiophene rings is 4. The zero-order valence-corrected chi connectivity index (χ0v) is 65.9. The third-order valence-corrected chi connectivity index (χ3v) is 25.9. The molecule has 0 radical (unpaired) electrons. The number of sulfonamides is 4. The summed E-state index contributed by atoms with van der Waals surface area (Å²) in [5.41, 5.74) is -6.44. The normalized spacial score (nSPS) is 20.0. The van der Waals surface area contributed by atoms with Crippen molar-refractivity contribution in [3.8, 4) is 46.0 Å². The lowest BCUT2D eigenvalue weighted by Gasteiger charge is -2.09. The van der Waals surface area contributed by atoms with Crippen LogP contribution < -0.4 is 56.8 Å². The minimum Gasteiger partial charge on any atom is -0.454 e. The maximum atomic E-state index is 13.4. The first-order valence-corrected chi connectivity index (χ1v) is 41.6. The Kier molecular flexibility index (Phi) is 14.8. The van der Waals surface area contributed by atoms with Crippen molar-refractivity contribution in [3.63, 3.8) is 0 Å². The Morgan fingerprint density at radius 3 is 0.897 bits per heavy atom. The number of nitrogens with one attached hydrogen (secondary N) is 4. The molecule has 0 fully saturated rings. The molecule has 4 N–H and O–H groups in total. The lowest BCUT2D eigenvalue weighted by molar-refractivity contribution is 0.0985. The largest absolute Gasteiger partial charge is 0.454 e. The molecule has 116 heavy (non-hydrogen) atoms. The summed E-state index contributed by atoms with van der Waals surface area (Å²) in [6.07, 6.45) is -12.0. The Labute approximate surface area is 744 Å². The fraction of sp³-hybridized carbons (Fsp3) is 0.222. The number of ether oxygens (including phenoxy) is 8. The number of rotatable bonds is 24. The molecule has 0 amide bonds. The second-order valence-electron chi connectivity index (χ2n) is 22.4. The van der Waals surface area contributed by atoms with Crippen molar-refractivity contribution < 1.29 is 155 Å². The van der Waals surface area contributed by atoms with Crippen LogP contribution in [0, 0.1) is 54.9 Å². The molecule has 0 saturated heterocycles. The van der Waals surface area contributed by atoms with E-state index in [4.69, 9.17) is 149 Å². The number of nitrogens with zero attached hydrogens (tertiary/aromatic N) is 4. The van der Waals surface area contributed by atoms with Gasteiger partial charge >= 0.3 is 0 Å². The molecule has 4 aromatic carbocycles. The lowest BCUT2D eigenvalue weighted by atomic mass is 10.0. The van der Waals surface area contributed by atoms with Crippen LogP contribution in [0.3, 0.4) is 0 Å². The maximum absolute atomic E-state index is 13.4. The maximum Gasteiger partial charge on any atom is 0.265 e. The highest BCUT2D eigenvalue weighted by Gasteiger charge is 2.34. The van der Waals surface area contributed by atoms with Crippen LogP contribution in [-0.4, -0.2) is 104 Å². The Hall–Kier alpha value is -10.2. The predicted octanol–water partition coefficient (Wildman–Crippen LogP) is 15.8. The molecule has 32 nitrogen and oxygen atoms in total. The fourth-order valence-corrected chi connectivity index (χ4v) is 19.5. The summed E-state index contributed by atoms with van der Waals surface area (Å²) in [4.78, 5) is 48.5. The smallest absolute Gasteiger partial charge is 0.265 e. The van der Waals surface area contributed by atoms with E-state index in [0.29, 0.717) is 45.3 Å².